The van der Waals surface area contributed by atoms with Gasteiger partial charge in [-0.1, -0.05) is 29.3 Å². The maximum atomic E-state index is 9.25. The highest BCUT2D eigenvalue weighted by Gasteiger charge is 2.10. The van der Waals surface area contributed by atoms with E-state index in [9.17, 15) is 5.11 Å². The summed E-state index contributed by atoms with van der Waals surface area (Å²) in [7, 11) is 0. The van der Waals surface area contributed by atoms with Crippen LogP contribution in [0.4, 0.5) is 0 Å². The molecule has 2 aromatic rings. The first kappa shape index (κ1) is 13.1. The third kappa shape index (κ3) is 3.13. The third-order valence-electron chi connectivity index (χ3n) is 2.36. The van der Waals surface area contributed by atoms with Gasteiger partial charge in [-0.05, 0) is 18.2 Å². The van der Waals surface area contributed by atoms with E-state index in [4.69, 9.17) is 27.9 Å². The van der Waals surface area contributed by atoms with E-state index in [1.165, 1.54) is 0 Å². The Labute approximate surface area is 115 Å². The zero-order chi connectivity index (χ0) is 13.0. The Bertz CT molecular complexity index is 532. The number of ether oxygens (including phenoxy) is 1. The first-order chi connectivity index (χ1) is 8.70. The molecule has 94 valence electrons. The van der Waals surface area contributed by atoms with Crippen molar-refractivity contribution in [1.82, 2.24) is 4.98 Å². The largest absolute Gasteiger partial charge is 0.487 e. The highest BCUT2D eigenvalue weighted by Crippen LogP contribution is 2.33. The minimum Gasteiger partial charge on any atom is -0.487 e. The molecule has 0 aliphatic heterocycles. The smallest absolute Gasteiger partial charge is 0.144 e. The van der Waals surface area contributed by atoms with Crippen molar-refractivity contribution in [2.45, 2.75) is 13.2 Å². The lowest BCUT2D eigenvalue weighted by Crippen LogP contribution is -2.00. The Hall–Kier alpha value is -1.29. The lowest BCUT2D eigenvalue weighted by molar-refractivity contribution is 0.259. The first-order valence-corrected chi connectivity index (χ1v) is 6.07. The molecule has 0 aliphatic rings. The van der Waals surface area contributed by atoms with Crippen molar-refractivity contribution in [2.75, 3.05) is 0 Å². The number of benzene rings is 1. The summed E-state index contributed by atoms with van der Waals surface area (Å²) in [4.78, 5) is 3.99. The van der Waals surface area contributed by atoms with Crippen LogP contribution in [0.25, 0.3) is 0 Å². The molecule has 5 heteroatoms. The van der Waals surface area contributed by atoms with Crippen LogP contribution in [0.5, 0.6) is 5.75 Å². The van der Waals surface area contributed by atoms with Gasteiger partial charge in [0.15, 0.2) is 0 Å². The van der Waals surface area contributed by atoms with Gasteiger partial charge < -0.3 is 9.84 Å². The molecule has 0 amide bonds. The Morgan fingerprint density at radius 1 is 1.28 bits per heavy atom. The van der Waals surface area contributed by atoms with Crippen molar-refractivity contribution < 1.29 is 9.84 Å². The summed E-state index contributed by atoms with van der Waals surface area (Å²) in [6.07, 6.45) is 3.40. The molecule has 1 aromatic carbocycles. The second-order valence-corrected chi connectivity index (χ2v) is 4.53. The summed E-state index contributed by atoms with van der Waals surface area (Å²) >= 11 is 11.9. The van der Waals surface area contributed by atoms with E-state index in [1.807, 2.05) is 12.1 Å². The number of hydrogen-bond acceptors (Lipinski definition) is 3. The Balaban J connectivity index is 2.19. The van der Waals surface area contributed by atoms with Crippen molar-refractivity contribution >= 4 is 23.2 Å². The summed E-state index contributed by atoms with van der Waals surface area (Å²) in [6.45, 7) is 0.158. The minimum absolute atomic E-state index is 0.178. The molecular weight excluding hydrogens is 273 g/mol. The zero-order valence-corrected chi connectivity index (χ0v) is 10.9. The van der Waals surface area contributed by atoms with Gasteiger partial charge in [0.25, 0.3) is 0 Å². The van der Waals surface area contributed by atoms with Gasteiger partial charge in [-0.15, -0.1) is 0 Å². The zero-order valence-electron chi connectivity index (χ0n) is 9.44. The first-order valence-electron chi connectivity index (χ1n) is 5.31. The second-order valence-electron chi connectivity index (χ2n) is 3.68. The quantitative estimate of drug-likeness (QED) is 0.934. The molecule has 0 atom stereocenters. The van der Waals surface area contributed by atoms with Crippen LogP contribution < -0.4 is 4.74 Å². The van der Waals surface area contributed by atoms with Crippen LogP contribution in [0.3, 0.4) is 0 Å². The average molecular weight is 284 g/mol. The fraction of sp³-hybridized carbons (Fsp3) is 0.154. The maximum absolute atomic E-state index is 9.25. The summed E-state index contributed by atoms with van der Waals surface area (Å²) in [6, 6.07) is 6.94. The molecule has 2 rings (SSSR count). The highest BCUT2D eigenvalue weighted by molar-refractivity contribution is 6.35. The molecule has 0 bridgehead atoms. The molecule has 18 heavy (non-hydrogen) atoms. The van der Waals surface area contributed by atoms with Crippen LogP contribution >= 0.6 is 23.2 Å². The van der Waals surface area contributed by atoms with Crippen molar-refractivity contribution in [2.24, 2.45) is 0 Å². The van der Waals surface area contributed by atoms with Gasteiger partial charge in [0.2, 0.25) is 0 Å². The summed E-state index contributed by atoms with van der Waals surface area (Å²) in [5, 5.41) is 10.1. The molecule has 0 spiro atoms. The Morgan fingerprint density at radius 2 is 2.11 bits per heavy atom. The molecule has 3 nitrogen and oxygen atoms in total. The molecule has 0 unspecified atom stereocenters. The molecule has 1 aromatic heterocycles. The lowest BCUT2D eigenvalue weighted by Gasteiger charge is -2.12. The van der Waals surface area contributed by atoms with Gasteiger partial charge in [0.05, 0.1) is 11.6 Å². The van der Waals surface area contributed by atoms with Crippen molar-refractivity contribution in [3.05, 3.63) is 57.8 Å². The number of nitrogens with zero attached hydrogens (tertiary/aromatic N) is 1. The van der Waals surface area contributed by atoms with E-state index in [1.54, 1.807) is 24.5 Å². The van der Waals surface area contributed by atoms with E-state index < -0.39 is 0 Å². The van der Waals surface area contributed by atoms with Crippen LogP contribution in [0.1, 0.15) is 11.1 Å². The second kappa shape index (κ2) is 6.05. The van der Waals surface area contributed by atoms with E-state index in [0.29, 0.717) is 28.0 Å². The van der Waals surface area contributed by atoms with Crippen molar-refractivity contribution in [3.63, 3.8) is 0 Å². The van der Waals surface area contributed by atoms with Crippen LogP contribution in [0, 0.1) is 0 Å². The highest BCUT2D eigenvalue weighted by atomic mass is 35.5. The minimum atomic E-state index is -0.178. The molecule has 1 heterocycles. The van der Waals surface area contributed by atoms with Gasteiger partial charge >= 0.3 is 0 Å². The number of aliphatic hydroxyl groups excluding tert-OH is 1. The Morgan fingerprint density at radius 3 is 2.78 bits per heavy atom. The number of pyridine rings is 1. The van der Waals surface area contributed by atoms with Gasteiger partial charge in [0.1, 0.15) is 12.4 Å². The van der Waals surface area contributed by atoms with Crippen LogP contribution in [-0.2, 0) is 13.2 Å². The van der Waals surface area contributed by atoms with Gasteiger partial charge in [0, 0.05) is 28.5 Å². The topological polar surface area (TPSA) is 42.4 Å². The standard InChI is InChI=1S/C13H11Cl2NO2/c14-11-4-10(7-17)13(12(15)5-11)18-8-9-2-1-3-16-6-9/h1-6,17H,7-8H2. The lowest BCUT2D eigenvalue weighted by atomic mass is 10.2. The van der Waals surface area contributed by atoms with E-state index >= 15 is 0 Å². The number of halogens is 2. The van der Waals surface area contributed by atoms with E-state index in [-0.39, 0.29) is 6.61 Å². The number of aliphatic hydroxyl groups is 1. The van der Waals surface area contributed by atoms with Gasteiger partial charge in [-0.3, -0.25) is 4.98 Å². The number of aromatic nitrogens is 1. The normalized spacial score (nSPS) is 10.4. The molecule has 0 saturated carbocycles. The van der Waals surface area contributed by atoms with Gasteiger partial charge in [-0.2, -0.15) is 0 Å². The van der Waals surface area contributed by atoms with Crippen LogP contribution in [0.15, 0.2) is 36.7 Å². The average Bonchev–Trinajstić information content (AvgIpc) is 2.38. The van der Waals surface area contributed by atoms with E-state index in [2.05, 4.69) is 4.98 Å². The van der Waals surface area contributed by atoms with Crippen molar-refractivity contribution in [1.29, 1.82) is 0 Å². The number of rotatable bonds is 4. The number of hydrogen-bond donors (Lipinski definition) is 1. The summed E-state index contributed by atoms with van der Waals surface area (Å²) in [5.74, 6) is 0.451. The molecule has 0 fully saturated rings. The fourth-order valence-electron chi connectivity index (χ4n) is 1.53. The summed E-state index contributed by atoms with van der Waals surface area (Å²) in [5.41, 5.74) is 1.49. The predicted octanol–water partition coefficient (Wildman–Crippen LogP) is 3.46. The monoisotopic (exact) mass is 283 g/mol. The molecule has 0 saturated heterocycles. The molecule has 0 radical (unpaired) electrons. The SMILES string of the molecule is OCc1cc(Cl)cc(Cl)c1OCc1cccnc1. The Kier molecular flexibility index (Phi) is 4.42. The molecule has 1 N–H and O–H groups in total. The molecular formula is C13H11Cl2NO2. The summed E-state index contributed by atoms with van der Waals surface area (Å²) < 4.78 is 5.61. The van der Waals surface area contributed by atoms with Gasteiger partial charge in [-0.25, -0.2) is 0 Å². The van der Waals surface area contributed by atoms with Crippen LogP contribution in [-0.4, -0.2) is 10.1 Å². The third-order valence-corrected chi connectivity index (χ3v) is 2.86. The van der Waals surface area contributed by atoms with Crippen molar-refractivity contribution in [3.8, 4) is 5.75 Å². The van der Waals surface area contributed by atoms with Crippen LogP contribution in [0.2, 0.25) is 10.0 Å². The molecule has 0 aliphatic carbocycles. The maximum Gasteiger partial charge on any atom is 0.144 e. The fourth-order valence-corrected chi connectivity index (χ4v) is 2.12. The van der Waals surface area contributed by atoms with E-state index in [0.717, 1.165) is 5.56 Å². The predicted molar refractivity (Wildman–Crippen MR) is 71.0 cm³/mol.